The predicted molar refractivity (Wildman–Crippen MR) is 64.5 cm³/mol. The number of hydrogen-bond acceptors (Lipinski definition) is 3. The highest BCUT2D eigenvalue weighted by molar-refractivity contribution is 6.31. The van der Waals surface area contributed by atoms with Crippen molar-refractivity contribution in [3.8, 4) is 0 Å². The molecule has 0 aliphatic rings. The lowest BCUT2D eigenvalue weighted by atomic mass is 10.1. The third-order valence-electron chi connectivity index (χ3n) is 2.28. The molecule has 16 heavy (non-hydrogen) atoms. The van der Waals surface area contributed by atoms with Gasteiger partial charge < -0.3 is 10.5 Å². The van der Waals surface area contributed by atoms with Crippen LogP contribution in [0.4, 0.5) is 0 Å². The zero-order chi connectivity index (χ0) is 12.1. The summed E-state index contributed by atoms with van der Waals surface area (Å²) >= 11 is 5.98. The van der Waals surface area contributed by atoms with E-state index >= 15 is 0 Å². The number of nitrogens with two attached hydrogens (primary N) is 1. The van der Waals surface area contributed by atoms with Crippen molar-refractivity contribution in [3.63, 3.8) is 0 Å². The summed E-state index contributed by atoms with van der Waals surface area (Å²) in [7, 11) is 0. The number of halogens is 1. The van der Waals surface area contributed by atoms with Crippen molar-refractivity contribution < 1.29 is 9.53 Å². The van der Waals surface area contributed by atoms with Gasteiger partial charge >= 0.3 is 5.97 Å². The first-order valence-electron chi connectivity index (χ1n) is 5.21. The summed E-state index contributed by atoms with van der Waals surface area (Å²) in [6.07, 6.45) is 0.443. The Morgan fingerprint density at radius 2 is 2.25 bits per heavy atom. The van der Waals surface area contributed by atoms with Crippen molar-refractivity contribution in [1.29, 1.82) is 0 Å². The molecule has 4 heteroatoms. The van der Waals surface area contributed by atoms with E-state index < -0.39 is 6.04 Å². The first kappa shape index (κ1) is 13.0. The molecule has 0 radical (unpaired) electrons. The number of hydrogen-bond donors (Lipinski definition) is 1. The summed E-state index contributed by atoms with van der Waals surface area (Å²) in [5.74, 6) is -0.376. The van der Waals surface area contributed by atoms with Crippen LogP contribution in [-0.4, -0.2) is 18.6 Å². The summed E-state index contributed by atoms with van der Waals surface area (Å²) < 4.78 is 4.83. The highest BCUT2D eigenvalue weighted by Crippen LogP contribution is 2.17. The molecule has 3 nitrogen and oxygen atoms in total. The normalized spacial score (nSPS) is 12.2. The Kier molecular flexibility index (Phi) is 4.77. The van der Waals surface area contributed by atoms with Gasteiger partial charge in [-0.1, -0.05) is 23.7 Å². The maximum atomic E-state index is 11.3. The molecule has 1 atom stereocenters. The van der Waals surface area contributed by atoms with Crippen molar-refractivity contribution in [2.75, 3.05) is 6.61 Å². The second-order valence-corrected chi connectivity index (χ2v) is 4.05. The van der Waals surface area contributed by atoms with E-state index in [9.17, 15) is 4.79 Å². The summed E-state index contributed by atoms with van der Waals surface area (Å²) in [5, 5.41) is 0.688. The van der Waals surface area contributed by atoms with Gasteiger partial charge in [0.25, 0.3) is 0 Å². The van der Waals surface area contributed by atoms with E-state index in [1.807, 2.05) is 25.1 Å². The summed E-state index contributed by atoms with van der Waals surface area (Å²) in [6, 6.07) is 5.03. The molecule has 0 fully saturated rings. The standard InChI is InChI=1S/C12H16ClNO2/c1-3-16-12(15)11(14)7-9-5-4-8(2)10(13)6-9/h4-6,11H,3,7,14H2,1-2H3. The Morgan fingerprint density at radius 1 is 1.56 bits per heavy atom. The van der Waals surface area contributed by atoms with Gasteiger partial charge in [-0.25, -0.2) is 0 Å². The Balaban J connectivity index is 2.66. The zero-order valence-corrected chi connectivity index (χ0v) is 10.3. The van der Waals surface area contributed by atoms with Crippen LogP contribution in [0.15, 0.2) is 18.2 Å². The lowest BCUT2D eigenvalue weighted by Crippen LogP contribution is -2.34. The van der Waals surface area contributed by atoms with Gasteiger partial charge in [0.1, 0.15) is 6.04 Å². The number of aryl methyl sites for hydroxylation is 1. The van der Waals surface area contributed by atoms with Crippen LogP contribution < -0.4 is 5.73 Å². The third-order valence-corrected chi connectivity index (χ3v) is 2.69. The van der Waals surface area contributed by atoms with E-state index in [2.05, 4.69) is 0 Å². The molecular formula is C12H16ClNO2. The Hall–Kier alpha value is -1.06. The molecule has 0 aliphatic heterocycles. The molecule has 0 aliphatic carbocycles. The zero-order valence-electron chi connectivity index (χ0n) is 9.50. The Labute approximate surface area is 101 Å². The minimum absolute atomic E-state index is 0.348. The Morgan fingerprint density at radius 3 is 2.81 bits per heavy atom. The van der Waals surface area contributed by atoms with Crippen molar-refractivity contribution in [1.82, 2.24) is 0 Å². The number of benzene rings is 1. The molecule has 1 unspecified atom stereocenters. The van der Waals surface area contributed by atoms with Gasteiger partial charge in [-0.3, -0.25) is 4.79 Å². The van der Waals surface area contributed by atoms with Crippen molar-refractivity contribution in [2.24, 2.45) is 5.73 Å². The van der Waals surface area contributed by atoms with E-state index in [-0.39, 0.29) is 5.97 Å². The molecule has 1 aromatic carbocycles. The topological polar surface area (TPSA) is 52.3 Å². The maximum absolute atomic E-state index is 11.3. The molecule has 88 valence electrons. The maximum Gasteiger partial charge on any atom is 0.323 e. The molecule has 0 bridgehead atoms. The van der Waals surface area contributed by atoms with E-state index in [1.165, 1.54) is 0 Å². The van der Waals surface area contributed by atoms with Crippen LogP contribution >= 0.6 is 11.6 Å². The largest absolute Gasteiger partial charge is 0.465 e. The molecule has 2 N–H and O–H groups in total. The fourth-order valence-electron chi connectivity index (χ4n) is 1.35. The molecule has 1 aromatic rings. The third kappa shape index (κ3) is 3.51. The highest BCUT2D eigenvalue weighted by Gasteiger charge is 2.15. The second kappa shape index (κ2) is 5.87. The molecule has 0 saturated carbocycles. The summed E-state index contributed by atoms with van der Waals surface area (Å²) in [6.45, 7) is 4.03. The molecule has 0 amide bonds. The molecule has 0 aromatic heterocycles. The smallest absolute Gasteiger partial charge is 0.323 e. The molecular weight excluding hydrogens is 226 g/mol. The average molecular weight is 242 g/mol. The predicted octanol–water partition coefficient (Wildman–Crippen LogP) is 2.08. The number of carbonyl (C=O) groups excluding carboxylic acids is 1. The lowest BCUT2D eigenvalue weighted by Gasteiger charge is -2.11. The quantitative estimate of drug-likeness (QED) is 0.822. The lowest BCUT2D eigenvalue weighted by molar-refractivity contribution is -0.144. The van der Waals surface area contributed by atoms with Crippen molar-refractivity contribution in [3.05, 3.63) is 34.3 Å². The summed E-state index contributed by atoms with van der Waals surface area (Å²) in [5.41, 5.74) is 7.66. The van der Waals surface area contributed by atoms with Crippen LogP contribution in [0.3, 0.4) is 0 Å². The molecule has 0 spiro atoms. The molecule has 1 rings (SSSR count). The van der Waals surface area contributed by atoms with Gasteiger partial charge in [-0.05, 0) is 37.5 Å². The van der Waals surface area contributed by atoms with Crippen molar-refractivity contribution in [2.45, 2.75) is 26.3 Å². The fourth-order valence-corrected chi connectivity index (χ4v) is 1.55. The number of ether oxygens (including phenoxy) is 1. The van der Waals surface area contributed by atoms with Gasteiger partial charge in [-0.15, -0.1) is 0 Å². The van der Waals surface area contributed by atoms with E-state index in [1.54, 1.807) is 6.92 Å². The van der Waals surface area contributed by atoms with Crippen LogP contribution in [0, 0.1) is 6.92 Å². The highest BCUT2D eigenvalue weighted by atomic mass is 35.5. The van der Waals surface area contributed by atoms with Crippen LogP contribution in [0.1, 0.15) is 18.1 Å². The minimum atomic E-state index is -0.626. The first-order valence-corrected chi connectivity index (χ1v) is 5.59. The fraction of sp³-hybridized carbons (Fsp3) is 0.417. The van der Waals surface area contributed by atoms with Crippen LogP contribution in [0.5, 0.6) is 0 Å². The van der Waals surface area contributed by atoms with Gasteiger partial charge in [0, 0.05) is 5.02 Å². The minimum Gasteiger partial charge on any atom is -0.465 e. The average Bonchev–Trinajstić information content (AvgIpc) is 2.24. The molecule has 0 heterocycles. The second-order valence-electron chi connectivity index (χ2n) is 3.65. The van der Waals surface area contributed by atoms with Crippen molar-refractivity contribution >= 4 is 17.6 Å². The van der Waals surface area contributed by atoms with E-state index in [0.29, 0.717) is 18.1 Å². The van der Waals surface area contributed by atoms with Gasteiger partial charge in [0.05, 0.1) is 6.61 Å². The SMILES string of the molecule is CCOC(=O)C(N)Cc1ccc(C)c(Cl)c1. The van der Waals surface area contributed by atoms with E-state index in [0.717, 1.165) is 11.1 Å². The van der Waals surface area contributed by atoms with Gasteiger partial charge in [0.15, 0.2) is 0 Å². The van der Waals surface area contributed by atoms with Gasteiger partial charge in [-0.2, -0.15) is 0 Å². The van der Waals surface area contributed by atoms with Crippen LogP contribution in [0.2, 0.25) is 5.02 Å². The number of rotatable bonds is 4. The molecule has 0 saturated heterocycles. The number of esters is 1. The summed E-state index contributed by atoms with van der Waals surface area (Å²) in [4.78, 5) is 11.3. The first-order chi connectivity index (χ1) is 7.54. The van der Waals surface area contributed by atoms with E-state index in [4.69, 9.17) is 22.1 Å². The van der Waals surface area contributed by atoms with Gasteiger partial charge in [0.2, 0.25) is 0 Å². The van der Waals surface area contributed by atoms with Crippen LogP contribution in [0.25, 0.3) is 0 Å². The van der Waals surface area contributed by atoms with Crippen LogP contribution in [-0.2, 0) is 16.0 Å². The number of carbonyl (C=O) groups is 1. The monoisotopic (exact) mass is 241 g/mol. The Bertz CT molecular complexity index is 379.